The van der Waals surface area contributed by atoms with Crippen LogP contribution in [0.4, 0.5) is 0 Å². The van der Waals surface area contributed by atoms with E-state index in [0.29, 0.717) is 22.1 Å². The molecule has 0 saturated carbocycles. The van der Waals surface area contributed by atoms with E-state index in [-0.39, 0.29) is 17.9 Å². The number of aryl methyl sites for hydroxylation is 1. The maximum absolute atomic E-state index is 12.3. The molecule has 0 atom stereocenters. The summed E-state index contributed by atoms with van der Waals surface area (Å²) in [4.78, 5) is 28.3. The molecule has 0 amide bonds. The maximum Gasteiger partial charge on any atom is 0.358 e. The number of halogens is 1. The lowest BCUT2D eigenvalue weighted by molar-refractivity contribution is 0.0993. The van der Waals surface area contributed by atoms with Crippen molar-refractivity contribution >= 4 is 28.9 Å². The van der Waals surface area contributed by atoms with Gasteiger partial charge in [0.2, 0.25) is 0 Å². The van der Waals surface area contributed by atoms with Crippen molar-refractivity contribution in [3.8, 4) is 0 Å². The molecule has 4 nitrogen and oxygen atoms in total. The van der Waals surface area contributed by atoms with E-state index >= 15 is 0 Å². The van der Waals surface area contributed by atoms with Gasteiger partial charge in [0.1, 0.15) is 5.01 Å². The van der Waals surface area contributed by atoms with Gasteiger partial charge in [-0.25, -0.2) is 8.75 Å². The van der Waals surface area contributed by atoms with Crippen molar-refractivity contribution in [2.75, 3.05) is 0 Å². The zero-order valence-electron chi connectivity index (χ0n) is 13.0. The van der Waals surface area contributed by atoms with Crippen LogP contribution in [0.5, 0.6) is 0 Å². The highest BCUT2D eigenvalue weighted by molar-refractivity contribution is 7.06. The van der Waals surface area contributed by atoms with Crippen LogP contribution in [0.2, 0.25) is 5.02 Å². The second-order valence-corrected chi connectivity index (χ2v) is 7.04. The first-order valence-electron chi connectivity index (χ1n) is 7.42. The van der Waals surface area contributed by atoms with Crippen LogP contribution in [0, 0.1) is 6.92 Å². The van der Waals surface area contributed by atoms with E-state index in [1.165, 1.54) is 11.5 Å². The summed E-state index contributed by atoms with van der Waals surface area (Å²) < 4.78 is 1.54. The summed E-state index contributed by atoms with van der Waals surface area (Å²) in [6.07, 6.45) is 0.136. The van der Waals surface area contributed by atoms with E-state index in [1.54, 1.807) is 28.2 Å². The van der Waals surface area contributed by atoms with Crippen LogP contribution in [-0.4, -0.2) is 14.7 Å². The molecule has 0 spiro atoms. The SMILES string of the molecule is Cc1ccc(C(=O)Cc2nc(=O)n(Cc3ccc(Cl)cc3)s2)cc1. The average Bonchev–Trinajstić information content (AvgIpc) is 2.89. The smallest absolute Gasteiger partial charge is 0.294 e. The number of ketones is 1. The van der Waals surface area contributed by atoms with E-state index in [4.69, 9.17) is 11.6 Å². The number of hydrogen-bond donors (Lipinski definition) is 0. The molecule has 3 aromatic rings. The fourth-order valence-electron chi connectivity index (χ4n) is 2.26. The highest BCUT2D eigenvalue weighted by Crippen LogP contribution is 2.13. The molecule has 24 heavy (non-hydrogen) atoms. The molecule has 6 heteroatoms. The Morgan fingerprint density at radius 2 is 1.79 bits per heavy atom. The number of rotatable bonds is 5. The van der Waals surface area contributed by atoms with Crippen LogP contribution >= 0.6 is 23.1 Å². The number of benzene rings is 2. The van der Waals surface area contributed by atoms with Gasteiger partial charge < -0.3 is 0 Å². The van der Waals surface area contributed by atoms with Crippen molar-refractivity contribution in [1.29, 1.82) is 0 Å². The molecule has 0 bridgehead atoms. The number of Topliss-reactive ketones (excluding diaryl/α,β-unsaturated/α-hetero) is 1. The fraction of sp³-hybridized carbons (Fsp3) is 0.167. The third-order valence-corrected chi connectivity index (χ3v) is 4.78. The number of nitrogens with zero attached hydrogens (tertiary/aromatic N) is 2. The van der Waals surface area contributed by atoms with Crippen LogP contribution in [0.1, 0.15) is 26.5 Å². The van der Waals surface area contributed by atoms with Crippen molar-refractivity contribution < 1.29 is 4.79 Å². The third-order valence-electron chi connectivity index (χ3n) is 3.57. The minimum atomic E-state index is -0.332. The van der Waals surface area contributed by atoms with Gasteiger partial charge in [-0.05, 0) is 36.2 Å². The normalized spacial score (nSPS) is 10.8. The van der Waals surface area contributed by atoms with Crippen LogP contribution in [0.3, 0.4) is 0 Å². The molecule has 0 aliphatic rings. The van der Waals surface area contributed by atoms with Crippen molar-refractivity contribution in [2.45, 2.75) is 19.9 Å². The van der Waals surface area contributed by atoms with Crippen molar-refractivity contribution in [3.63, 3.8) is 0 Å². The van der Waals surface area contributed by atoms with Crippen LogP contribution in [0.25, 0.3) is 0 Å². The molecular formula is C18H15ClN2O2S. The topological polar surface area (TPSA) is 52.0 Å². The molecular weight excluding hydrogens is 344 g/mol. The molecule has 1 heterocycles. The second kappa shape index (κ2) is 7.11. The first-order chi connectivity index (χ1) is 11.5. The van der Waals surface area contributed by atoms with Crippen LogP contribution < -0.4 is 5.69 Å². The van der Waals surface area contributed by atoms with Crippen LogP contribution in [0.15, 0.2) is 53.3 Å². The van der Waals surface area contributed by atoms with Gasteiger partial charge in [0.25, 0.3) is 0 Å². The zero-order chi connectivity index (χ0) is 17.1. The van der Waals surface area contributed by atoms with Gasteiger partial charge in [-0.1, -0.05) is 53.6 Å². The lowest BCUT2D eigenvalue weighted by atomic mass is 10.1. The molecule has 1 aromatic heterocycles. The standard InChI is InChI=1S/C18H15ClN2O2S/c1-12-2-6-14(7-3-12)16(22)10-17-20-18(23)21(24-17)11-13-4-8-15(19)9-5-13/h2-9H,10-11H2,1H3. The van der Waals surface area contributed by atoms with Crippen molar-refractivity contribution in [2.24, 2.45) is 0 Å². The van der Waals surface area contributed by atoms with Crippen molar-refractivity contribution in [1.82, 2.24) is 8.94 Å². The predicted molar refractivity (Wildman–Crippen MR) is 96.1 cm³/mol. The fourth-order valence-corrected chi connectivity index (χ4v) is 3.28. The summed E-state index contributed by atoms with van der Waals surface area (Å²) in [5, 5.41) is 1.18. The Morgan fingerprint density at radius 3 is 2.46 bits per heavy atom. The first kappa shape index (κ1) is 16.6. The summed E-state index contributed by atoms with van der Waals surface area (Å²) in [5.41, 5.74) is 2.36. The Hall–Kier alpha value is -2.24. The van der Waals surface area contributed by atoms with E-state index < -0.39 is 0 Å². The molecule has 0 N–H and O–H groups in total. The molecule has 122 valence electrons. The van der Waals surface area contributed by atoms with Gasteiger partial charge in [0.05, 0.1) is 13.0 Å². The van der Waals surface area contributed by atoms with Crippen molar-refractivity contribution in [3.05, 3.63) is 85.7 Å². The second-order valence-electron chi connectivity index (χ2n) is 5.51. The molecule has 0 unspecified atom stereocenters. The summed E-state index contributed by atoms with van der Waals surface area (Å²) in [6, 6.07) is 14.7. The Kier molecular flexibility index (Phi) is 4.92. The van der Waals surface area contributed by atoms with E-state index in [2.05, 4.69) is 4.98 Å². The van der Waals surface area contributed by atoms with Gasteiger partial charge in [-0.2, -0.15) is 4.98 Å². The first-order valence-corrected chi connectivity index (χ1v) is 8.58. The summed E-state index contributed by atoms with van der Waals surface area (Å²) in [7, 11) is 0. The molecule has 0 radical (unpaired) electrons. The molecule has 2 aromatic carbocycles. The molecule has 0 aliphatic heterocycles. The quantitative estimate of drug-likeness (QED) is 0.653. The number of carbonyl (C=O) groups excluding carboxylic acids is 1. The summed E-state index contributed by atoms with van der Waals surface area (Å²) >= 11 is 7.08. The Morgan fingerprint density at radius 1 is 1.12 bits per heavy atom. The predicted octanol–water partition coefficient (Wildman–Crippen LogP) is 3.74. The van der Waals surface area contributed by atoms with Gasteiger partial charge >= 0.3 is 5.69 Å². The molecule has 0 saturated heterocycles. The van der Waals surface area contributed by atoms with Gasteiger partial charge in [0.15, 0.2) is 5.78 Å². The molecule has 0 fully saturated rings. The summed E-state index contributed by atoms with van der Waals surface area (Å²) in [5.74, 6) is -0.0395. The monoisotopic (exact) mass is 358 g/mol. The van der Waals surface area contributed by atoms with E-state index in [0.717, 1.165) is 11.1 Å². The largest absolute Gasteiger partial charge is 0.358 e. The Balaban J connectivity index is 1.74. The van der Waals surface area contributed by atoms with E-state index in [1.807, 2.05) is 31.2 Å². The number of aromatic nitrogens is 2. The lowest BCUT2D eigenvalue weighted by Gasteiger charge is -2.01. The minimum Gasteiger partial charge on any atom is -0.294 e. The molecule has 0 aliphatic carbocycles. The van der Waals surface area contributed by atoms with Gasteiger partial charge in [-0.3, -0.25) is 4.79 Å². The zero-order valence-corrected chi connectivity index (χ0v) is 14.6. The number of hydrogen-bond acceptors (Lipinski definition) is 4. The van der Waals surface area contributed by atoms with Gasteiger partial charge in [0, 0.05) is 10.6 Å². The highest BCUT2D eigenvalue weighted by atomic mass is 35.5. The number of carbonyl (C=O) groups is 1. The minimum absolute atomic E-state index is 0.0395. The van der Waals surface area contributed by atoms with Crippen LogP contribution in [-0.2, 0) is 13.0 Å². The van der Waals surface area contributed by atoms with E-state index in [9.17, 15) is 9.59 Å². The maximum atomic E-state index is 12.3. The third kappa shape index (κ3) is 3.99. The lowest BCUT2D eigenvalue weighted by Crippen LogP contribution is -2.15. The Labute approximate surface area is 148 Å². The molecule has 3 rings (SSSR count). The average molecular weight is 359 g/mol. The Bertz CT molecular complexity index is 911. The van der Waals surface area contributed by atoms with Gasteiger partial charge in [-0.15, -0.1) is 0 Å². The summed E-state index contributed by atoms with van der Waals surface area (Å²) in [6.45, 7) is 2.39. The highest BCUT2D eigenvalue weighted by Gasteiger charge is 2.13.